The van der Waals surface area contributed by atoms with Gasteiger partial charge in [-0.3, -0.25) is 9.13 Å². The van der Waals surface area contributed by atoms with Gasteiger partial charge in [0.2, 0.25) is 5.28 Å². The zero-order valence-electron chi connectivity index (χ0n) is 18.1. The molecule has 4 atom stereocenters. The molecule has 2 unspecified atom stereocenters. The van der Waals surface area contributed by atoms with Crippen LogP contribution < -0.4 is 4.90 Å². The fourth-order valence-corrected chi connectivity index (χ4v) is 6.35. The quantitative estimate of drug-likeness (QED) is 0.352. The Balaban J connectivity index is 1.42. The summed E-state index contributed by atoms with van der Waals surface area (Å²) < 4.78 is 18.5. The lowest BCUT2D eigenvalue weighted by atomic mass is 9.73. The van der Waals surface area contributed by atoms with Crippen molar-refractivity contribution in [1.29, 1.82) is 0 Å². The van der Waals surface area contributed by atoms with Gasteiger partial charge in [-0.05, 0) is 42.7 Å². The van der Waals surface area contributed by atoms with E-state index >= 15 is 0 Å². The summed E-state index contributed by atoms with van der Waals surface area (Å²) in [6.07, 6.45) is 3.69. The Morgan fingerprint density at radius 3 is 2.64 bits per heavy atom. The number of nitrogens with zero attached hydrogens (tertiary/aromatic N) is 5. The normalized spacial score (nSPS) is 30.0. The lowest BCUT2D eigenvalue weighted by Gasteiger charge is -2.33. The zero-order chi connectivity index (χ0) is 23.4. The van der Waals surface area contributed by atoms with Crippen LogP contribution in [0.5, 0.6) is 0 Å². The number of imidazole rings is 1. The van der Waals surface area contributed by atoms with Crippen LogP contribution in [0.4, 0.5) is 5.82 Å². The smallest absolute Gasteiger partial charge is 0.325 e. The molecule has 2 aromatic rings. The molecule has 3 aliphatic rings. The van der Waals surface area contributed by atoms with Crippen molar-refractivity contribution in [2.24, 2.45) is 5.41 Å². The Labute approximate surface area is 195 Å². The van der Waals surface area contributed by atoms with Crippen LogP contribution in [0.3, 0.4) is 0 Å². The third-order valence-electron chi connectivity index (χ3n) is 7.34. The van der Waals surface area contributed by atoms with Gasteiger partial charge < -0.3 is 29.6 Å². The number of rotatable bonds is 5. The molecule has 2 aromatic heterocycles. The van der Waals surface area contributed by atoms with E-state index < -0.39 is 38.3 Å². The van der Waals surface area contributed by atoms with Crippen molar-refractivity contribution < 1.29 is 29.3 Å². The van der Waals surface area contributed by atoms with Gasteiger partial charge in [0.1, 0.15) is 12.2 Å². The summed E-state index contributed by atoms with van der Waals surface area (Å²) in [6, 6.07) is 0. The first-order valence-corrected chi connectivity index (χ1v) is 13.5. The second kappa shape index (κ2) is 8.71. The second-order valence-corrected chi connectivity index (χ2v) is 11.7. The highest BCUT2D eigenvalue weighted by Gasteiger charge is 2.45. The molecule has 1 aliphatic carbocycles. The minimum Gasteiger partial charge on any atom is -0.388 e. The van der Waals surface area contributed by atoms with Gasteiger partial charge in [-0.1, -0.05) is 19.3 Å². The molecule has 2 aliphatic heterocycles. The number of anilines is 1. The maximum atomic E-state index is 11.2. The Bertz CT molecular complexity index is 1070. The summed E-state index contributed by atoms with van der Waals surface area (Å²) in [4.78, 5) is 33.8. The van der Waals surface area contributed by atoms with Crippen LogP contribution in [0, 0.1) is 5.41 Å². The SMILES string of the molecule is O=P(O)(O)CC[C@H]1O[C@@H](n2cnc3c(N4CCC5(CCCCC5)C4)nc(Cl)nc32)C(O)C1O. The van der Waals surface area contributed by atoms with E-state index in [0.29, 0.717) is 22.4 Å². The first kappa shape index (κ1) is 23.4. The first-order chi connectivity index (χ1) is 15.7. The van der Waals surface area contributed by atoms with Crippen LogP contribution in [-0.2, 0) is 9.30 Å². The van der Waals surface area contributed by atoms with E-state index in [1.54, 1.807) is 0 Å². The average molecular weight is 502 g/mol. The van der Waals surface area contributed by atoms with Gasteiger partial charge in [-0.15, -0.1) is 0 Å². The lowest BCUT2D eigenvalue weighted by Crippen LogP contribution is -2.32. The van der Waals surface area contributed by atoms with Gasteiger partial charge >= 0.3 is 7.60 Å². The fourth-order valence-electron chi connectivity index (χ4n) is 5.60. The van der Waals surface area contributed by atoms with Gasteiger partial charge in [-0.2, -0.15) is 9.97 Å². The Hall–Kier alpha value is -1.33. The molecule has 0 bridgehead atoms. The van der Waals surface area contributed by atoms with Gasteiger partial charge in [0.05, 0.1) is 18.6 Å². The summed E-state index contributed by atoms with van der Waals surface area (Å²) in [5, 5.41) is 21.0. The number of hydrogen-bond acceptors (Lipinski definition) is 8. The number of aliphatic hydroxyl groups excluding tert-OH is 2. The third-order valence-corrected chi connectivity index (χ3v) is 8.35. The number of halogens is 1. The summed E-state index contributed by atoms with van der Waals surface area (Å²) in [5.41, 5.74) is 1.23. The molecule has 0 aromatic carbocycles. The lowest BCUT2D eigenvalue weighted by molar-refractivity contribution is -0.0355. The van der Waals surface area contributed by atoms with Crippen LogP contribution in [0.2, 0.25) is 5.28 Å². The molecule has 13 heteroatoms. The third kappa shape index (κ3) is 4.52. The van der Waals surface area contributed by atoms with Crippen LogP contribution in [0.25, 0.3) is 11.2 Å². The molecule has 1 saturated carbocycles. The average Bonchev–Trinajstić information content (AvgIpc) is 3.44. The number of ether oxygens (including phenoxy) is 1. The predicted molar refractivity (Wildman–Crippen MR) is 120 cm³/mol. The summed E-state index contributed by atoms with van der Waals surface area (Å²) in [6.45, 7) is 1.76. The van der Waals surface area contributed by atoms with Gasteiger partial charge in [0.25, 0.3) is 0 Å². The van der Waals surface area contributed by atoms with Crippen molar-refractivity contribution in [3.05, 3.63) is 11.6 Å². The second-order valence-electron chi connectivity index (χ2n) is 9.60. The highest BCUT2D eigenvalue weighted by atomic mass is 35.5. The van der Waals surface area contributed by atoms with Gasteiger partial charge in [0.15, 0.2) is 23.2 Å². The topological polar surface area (TPSA) is 154 Å². The Morgan fingerprint density at radius 1 is 1.15 bits per heavy atom. The van der Waals surface area contributed by atoms with Crippen LogP contribution in [-0.4, -0.2) is 77.1 Å². The van der Waals surface area contributed by atoms with Crippen molar-refractivity contribution in [2.45, 2.75) is 69.5 Å². The maximum Gasteiger partial charge on any atom is 0.325 e. The molecule has 182 valence electrons. The monoisotopic (exact) mass is 501 g/mol. The standard InChI is InChI=1S/C20H29ClN5O6P/c21-19-23-16(25-8-7-20(10-25)5-2-1-3-6-20)13-17(24-19)26(11-22-13)18-15(28)14(27)12(32-18)4-9-33(29,30)31/h11-12,14-15,18,27-28H,1-10H2,(H2,29,30,31)/t12-,14?,15?,18-/m1/s1. The summed E-state index contributed by atoms with van der Waals surface area (Å²) in [7, 11) is -4.26. The molecule has 3 fully saturated rings. The molecular formula is C20H29ClN5O6P. The molecule has 0 radical (unpaired) electrons. The summed E-state index contributed by atoms with van der Waals surface area (Å²) in [5.74, 6) is 0.650. The minimum atomic E-state index is -4.26. The largest absolute Gasteiger partial charge is 0.388 e. The molecule has 33 heavy (non-hydrogen) atoms. The van der Waals surface area contributed by atoms with Crippen LogP contribution in [0.15, 0.2) is 6.33 Å². The van der Waals surface area contributed by atoms with E-state index in [-0.39, 0.29) is 11.7 Å². The molecule has 2 saturated heterocycles. The highest BCUT2D eigenvalue weighted by molar-refractivity contribution is 7.51. The predicted octanol–water partition coefficient (Wildman–Crippen LogP) is 1.83. The molecule has 0 amide bonds. The zero-order valence-corrected chi connectivity index (χ0v) is 19.8. The first-order valence-electron chi connectivity index (χ1n) is 11.4. The van der Waals surface area contributed by atoms with E-state index in [2.05, 4.69) is 19.9 Å². The minimum absolute atomic E-state index is 0.0509. The maximum absolute atomic E-state index is 11.2. The Morgan fingerprint density at radius 2 is 1.91 bits per heavy atom. The van der Waals surface area contributed by atoms with Crippen molar-refractivity contribution in [3.8, 4) is 0 Å². The van der Waals surface area contributed by atoms with Crippen LogP contribution in [0.1, 0.15) is 51.2 Å². The van der Waals surface area contributed by atoms with E-state index in [4.69, 9.17) is 26.1 Å². The summed E-state index contributed by atoms with van der Waals surface area (Å²) >= 11 is 6.28. The Kier molecular flexibility index (Phi) is 6.18. The van der Waals surface area contributed by atoms with Crippen molar-refractivity contribution in [1.82, 2.24) is 19.5 Å². The van der Waals surface area contributed by atoms with E-state index in [9.17, 15) is 14.8 Å². The molecule has 11 nitrogen and oxygen atoms in total. The van der Waals surface area contributed by atoms with E-state index in [0.717, 1.165) is 19.5 Å². The number of fused-ring (bicyclic) bond motifs is 1. The van der Waals surface area contributed by atoms with E-state index in [1.165, 1.54) is 43.0 Å². The molecule has 4 N–H and O–H groups in total. The molecule has 4 heterocycles. The number of hydrogen-bond donors (Lipinski definition) is 4. The molecule has 5 rings (SSSR count). The van der Waals surface area contributed by atoms with Crippen molar-refractivity contribution >= 4 is 36.2 Å². The molecule has 1 spiro atoms. The van der Waals surface area contributed by atoms with Crippen LogP contribution >= 0.6 is 19.2 Å². The van der Waals surface area contributed by atoms with Gasteiger partial charge in [-0.25, -0.2) is 4.98 Å². The highest BCUT2D eigenvalue weighted by Crippen LogP contribution is 2.46. The van der Waals surface area contributed by atoms with Crippen molar-refractivity contribution in [2.75, 3.05) is 24.2 Å². The fraction of sp³-hybridized carbons (Fsp3) is 0.750. The van der Waals surface area contributed by atoms with Gasteiger partial charge in [0, 0.05) is 13.1 Å². The van der Waals surface area contributed by atoms with Crippen molar-refractivity contribution in [3.63, 3.8) is 0 Å². The number of aliphatic hydroxyl groups is 2. The van der Waals surface area contributed by atoms with E-state index in [1.807, 2.05) is 0 Å². The molecular weight excluding hydrogens is 473 g/mol. The number of aromatic nitrogens is 4.